The molecule has 0 N–H and O–H groups in total. The first kappa shape index (κ1) is 13.2. The zero-order valence-corrected chi connectivity index (χ0v) is 11.3. The van der Waals surface area contributed by atoms with Crippen LogP contribution in [-0.4, -0.2) is 5.78 Å². The molecule has 0 radical (unpaired) electrons. The quantitative estimate of drug-likeness (QED) is 0.516. The van der Waals surface area contributed by atoms with E-state index in [4.69, 9.17) is 0 Å². The van der Waals surface area contributed by atoms with Crippen LogP contribution in [0.1, 0.15) is 47.5 Å². The molecule has 0 aromatic rings. The first-order valence-corrected chi connectivity index (χ1v) is 6.07. The van der Waals surface area contributed by atoms with Crippen LogP contribution in [-0.2, 0) is 4.79 Å². The first-order chi connectivity index (χ1) is 7.23. The first-order valence-electron chi connectivity index (χ1n) is 6.07. The van der Waals surface area contributed by atoms with Crippen LogP contribution in [0.25, 0.3) is 0 Å². The summed E-state index contributed by atoms with van der Waals surface area (Å²) in [6.07, 6.45) is 3.88. The molecule has 1 aliphatic rings. The van der Waals surface area contributed by atoms with E-state index in [9.17, 15) is 4.79 Å². The van der Waals surface area contributed by atoms with Crippen molar-refractivity contribution < 1.29 is 4.79 Å². The fourth-order valence-electron chi connectivity index (χ4n) is 2.77. The molecule has 1 aliphatic carbocycles. The second-order valence-corrected chi connectivity index (χ2v) is 6.26. The van der Waals surface area contributed by atoms with E-state index in [2.05, 4.69) is 27.4 Å². The van der Waals surface area contributed by atoms with Crippen molar-refractivity contribution in [3.05, 3.63) is 23.8 Å². The zero-order valence-electron chi connectivity index (χ0n) is 11.3. The van der Waals surface area contributed by atoms with E-state index in [0.29, 0.717) is 11.7 Å². The molecular formula is C15H24O. The lowest BCUT2D eigenvalue weighted by Gasteiger charge is -2.17. The number of carbonyl (C=O) groups is 1. The Labute approximate surface area is 99.6 Å². The molecule has 0 heterocycles. The van der Waals surface area contributed by atoms with Crippen LogP contribution in [0.4, 0.5) is 0 Å². The largest absolute Gasteiger partial charge is 0.295 e. The Bertz CT molecular complexity index is 329. The summed E-state index contributed by atoms with van der Waals surface area (Å²) in [4.78, 5) is 12.1. The number of ketones is 1. The van der Waals surface area contributed by atoms with Gasteiger partial charge in [0, 0.05) is 5.92 Å². The Morgan fingerprint density at radius 1 is 1.19 bits per heavy atom. The highest BCUT2D eigenvalue weighted by Crippen LogP contribution is 2.48. The minimum absolute atomic E-state index is 0.155. The van der Waals surface area contributed by atoms with Gasteiger partial charge in [-0.2, -0.15) is 0 Å². The molecule has 0 spiro atoms. The summed E-state index contributed by atoms with van der Waals surface area (Å²) in [6, 6.07) is 0. The lowest BCUT2D eigenvalue weighted by molar-refractivity contribution is -0.119. The van der Waals surface area contributed by atoms with Gasteiger partial charge in [0.25, 0.3) is 0 Å². The molecule has 0 aromatic carbocycles. The number of carbonyl (C=O) groups excluding carboxylic acids is 1. The van der Waals surface area contributed by atoms with E-state index in [0.717, 1.165) is 24.0 Å². The van der Waals surface area contributed by atoms with E-state index < -0.39 is 0 Å². The predicted molar refractivity (Wildman–Crippen MR) is 69.2 cm³/mol. The minimum Gasteiger partial charge on any atom is -0.295 e. The zero-order chi connectivity index (χ0) is 12.5. The normalized spacial score (nSPS) is 27.6. The summed E-state index contributed by atoms with van der Waals surface area (Å²) in [5, 5.41) is 0. The van der Waals surface area contributed by atoms with Crippen LogP contribution >= 0.6 is 0 Å². The van der Waals surface area contributed by atoms with Crippen LogP contribution in [0.2, 0.25) is 0 Å². The van der Waals surface area contributed by atoms with Gasteiger partial charge in [-0.1, -0.05) is 31.6 Å². The summed E-state index contributed by atoms with van der Waals surface area (Å²) in [5.74, 6) is 0.819. The van der Waals surface area contributed by atoms with Crippen molar-refractivity contribution in [2.75, 3.05) is 0 Å². The third-order valence-corrected chi connectivity index (χ3v) is 3.46. The Morgan fingerprint density at radius 2 is 1.69 bits per heavy atom. The van der Waals surface area contributed by atoms with E-state index in [-0.39, 0.29) is 11.3 Å². The Morgan fingerprint density at radius 3 is 2.12 bits per heavy atom. The topological polar surface area (TPSA) is 17.1 Å². The molecule has 1 fully saturated rings. The molecule has 1 saturated carbocycles. The lowest BCUT2D eigenvalue weighted by Crippen LogP contribution is -2.18. The Balaban J connectivity index is 2.90. The van der Waals surface area contributed by atoms with Crippen molar-refractivity contribution in [3.63, 3.8) is 0 Å². The van der Waals surface area contributed by atoms with E-state index in [1.807, 2.05) is 13.8 Å². The molecule has 1 nitrogen and oxygen atoms in total. The molecule has 0 bridgehead atoms. The Hall–Kier alpha value is -0.850. The molecule has 1 heteroatoms. The monoisotopic (exact) mass is 220 g/mol. The highest BCUT2D eigenvalue weighted by Gasteiger charge is 2.42. The number of allylic oxidation sites excluding steroid dienone is 3. The molecule has 90 valence electrons. The van der Waals surface area contributed by atoms with Gasteiger partial charge in [0.2, 0.25) is 0 Å². The lowest BCUT2D eigenvalue weighted by atomic mass is 9.87. The van der Waals surface area contributed by atoms with Gasteiger partial charge in [0.15, 0.2) is 5.78 Å². The predicted octanol–water partition coefficient (Wildman–Crippen LogP) is 4.15. The van der Waals surface area contributed by atoms with Crippen LogP contribution in [0.3, 0.4) is 0 Å². The highest BCUT2D eigenvalue weighted by atomic mass is 16.1. The van der Waals surface area contributed by atoms with Crippen molar-refractivity contribution in [1.29, 1.82) is 0 Å². The molecule has 2 unspecified atom stereocenters. The van der Waals surface area contributed by atoms with Gasteiger partial charge in [-0.3, -0.25) is 4.79 Å². The number of hydrogen-bond acceptors (Lipinski definition) is 1. The average molecular weight is 220 g/mol. The summed E-state index contributed by atoms with van der Waals surface area (Å²) < 4.78 is 0. The maximum Gasteiger partial charge on any atom is 0.159 e. The standard InChI is InChI=1S/C15H24O/c1-10(2)7-14(16)13-9-15(5,6)8-12(13)11(3)4/h7,12-13H,3,8-9H2,1-2,4-6H3. The maximum atomic E-state index is 12.1. The fourth-order valence-corrected chi connectivity index (χ4v) is 2.77. The maximum absolute atomic E-state index is 12.1. The summed E-state index contributed by atoms with van der Waals surface area (Å²) in [6.45, 7) is 14.5. The second kappa shape index (κ2) is 4.57. The van der Waals surface area contributed by atoms with E-state index in [1.165, 1.54) is 0 Å². The van der Waals surface area contributed by atoms with Gasteiger partial charge >= 0.3 is 0 Å². The van der Waals surface area contributed by atoms with Gasteiger partial charge in [-0.15, -0.1) is 0 Å². The summed E-state index contributed by atoms with van der Waals surface area (Å²) in [5.41, 5.74) is 2.53. The van der Waals surface area contributed by atoms with E-state index in [1.54, 1.807) is 6.08 Å². The van der Waals surface area contributed by atoms with Crippen molar-refractivity contribution in [2.24, 2.45) is 17.3 Å². The summed E-state index contributed by atoms with van der Waals surface area (Å²) >= 11 is 0. The number of rotatable bonds is 3. The minimum atomic E-state index is 0.155. The third kappa shape index (κ3) is 3.07. The van der Waals surface area contributed by atoms with Crippen molar-refractivity contribution >= 4 is 5.78 Å². The van der Waals surface area contributed by atoms with Crippen molar-refractivity contribution in [2.45, 2.75) is 47.5 Å². The molecule has 0 aliphatic heterocycles. The molecule has 0 amide bonds. The van der Waals surface area contributed by atoms with Gasteiger partial charge in [0.05, 0.1) is 0 Å². The van der Waals surface area contributed by atoms with Crippen LogP contribution in [0, 0.1) is 17.3 Å². The summed E-state index contributed by atoms with van der Waals surface area (Å²) in [7, 11) is 0. The van der Waals surface area contributed by atoms with Crippen molar-refractivity contribution in [3.8, 4) is 0 Å². The molecule has 16 heavy (non-hydrogen) atoms. The third-order valence-electron chi connectivity index (χ3n) is 3.46. The van der Waals surface area contributed by atoms with Gasteiger partial charge in [-0.05, 0) is 51.0 Å². The molecular weight excluding hydrogens is 196 g/mol. The van der Waals surface area contributed by atoms with Gasteiger partial charge < -0.3 is 0 Å². The van der Waals surface area contributed by atoms with Crippen LogP contribution in [0.15, 0.2) is 23.8 Å². The number of hydrogen-bond donors (Lipinski definition) is 0. The van der Waals surface area contributed by atoms with Crippen LogP contribution < -0.4 is 0 Å². The van der Waals surface area contributed by atoms with Gasteiger partial charge in [-0.25, -0.2) is 0 Å². The average Bonchev–Trinajstić information content (AvgIpc) is 2.40. The smallest absolute Gasteiger partial charge is 0.159 e. The molecule has 0 saturated heterocycles. The SMILES string of the molecule is C=C(C)C1CC(C)(C)CC1C(=O)C=C(C)C. The Kier molecular flexibility index (Phi) is 3.77. The molecule has 1 rings (SSSR count). The van der Waals surface area contributed by atoms with Crippen LogP contribution in [0.5, 0.6) is 0 Å². The second-order valence-electron chi connectivity index (χ2n) is 6.26. The fraction of sp³-hybridized carbons (Fsp3) is 0.667. The van der Waals surface area contributed by atoms with Gasteiger partial charge in [0.1, 0.15) is 0 Å². The molecule has 2 atom stereocenters. The van der Waals surface area contributed by atoms with E-state index >= 15 is 0 Å². The van der Waals surface area contributed by atoms with Crippen molar-refractivity contribution in [1.82, 2.24) is 0 Å². The highest BCUT2D eigenvalue weighted by molar-refractivity contribution is 5.93. The molecule has 0 aromatic heterocycles.